The third kappa shape index (κ3) is 3.82. The predicted molar refractivity (Wildman–Crippen MR) is 102 cm³/mol. The molecule has 0 amide bonds. The number of aryl methyl sites for hydroxylation is 2. The molecule has 25 heavy (non-hydrogen) atoms. The highest BCUT2D eigenvalue weighted by molar-refractivity contribution is 7.93. The average Bonchev–Trinajstić information content (AvgIpc) is 2.61. The van der Waals surface area contributed by atoms with Gasteiger partial charge in [0.05, 0.1) is 10.6 Å². The predicted octanol–water partition coefficient (Wildman–Crippen LogP) is 4.69. The second kappa shape index (κ2) is 7.23. The number of fused-ring (bicyclic) bond motifs is 1. The third-order valence-corrected chi connectivity index (χ3v) is 5.71. The van der Waals surface area contributed by atoms with Crippen molar-refractivity contribution in [1.29, 1.82) is 0 Å². The second-order valence-electron chi connectivity index (χ2n) is 6.21. The number of rotatable bonds is 6. The minimum absolute atomic E-state index is 0.266. The lowest BCUT2D eigenvalue weighted by Crippen LogP contribution is -2.14. The lowest BCUT2D eigenvalue weighted by atomic mass is 10.1. The van der Waals surface area contributed by atoms with Crippen LogP contribution >= 0.6 is 0 Å². The van der Waals surface area contributed by atoms with E-state index in [0.717, 1.165) is 30.2 Å². The van der Waals surface area contributed by atoms with Gasteiger partial charge < -0.3 is 0 Å². The summed E-state index contributed by atoms with van der Waals surface area (Å²) >= 11 is 0. The Morgan fingerprint density at radius 3 is 2.72 bits per heavy atom. The fraction of sp³-hybridized carbons (Fsp3) is 0.250. The maximum Gasteiger partial charge on any atom is 0.262 e. The van der Waals surface area contributed by atoms with E-state index in [1.54, 1.807) is 30.6 Å². The van der Waals surface area contributed by atoms with E-state index >= 15 is 0 Å². The number of hydrogen-bond donors (Lipinski definition) is 1. The lowest BCUT2D eigenvalue weighted by Gasteiger charge is -2.13. The van der Waals surface area contributed by atoms with Crippen molar-refractivity contribution < 1.29 is 8.42 Å². The van der Waals surface area contributed by atoms with Gasteiger partial charge in [0.15, 0.2) is 0 Å². The molecule has 0 unspecified atom stereocenters. The molecular formula is C20H22N2O2S. The van der Waals surface area contributed by atoms with Crippen LogP contribution in [0.15, 0.2) is 59.8 Å². The second-order valence-corrected chi connectivity index (χ2v) is 7.86. The summed E-state index contributed by atoms with van der Waals surface area (Å²) in [6.45, 7) is 4.09. The van der Waals surface area contributed by atoms with Gasteiger partial charge in [-0.05, 0) is 49.1 Å². The smallest absolute Gasteiger partial charge is 0.262 e. The largest absolute Gasteiger partial charge is 0.279 e. The van der Waals surface area contributed by atoms with Crippen LogP contribution in [0.5, 0.6) is 0 Å². The van der Waals surface area contributed by atoms with Gasteiger partial charge in [-0.1, -0.05) is 37.6 Å². The Hall–Kier alpha value is -2.40. The van der Waals surface area contributed by atoms with Crippen molar-refractivity contribution in [1.82, 2.24) is 4.98 Å². The van der Waals surface area contributed by atoms with Gasteiger partial charge in [0.2, 0.25) is 0 Å². The minimum atomic E-state index is -3.67. The summed E-state index contributed by atoms with van der Waals surface area (Å²) in [4.78, 5) is 4.32. The van der Waals surface area contributed by atoms with Crippen LogP contribution in [-0.4, -0.2) is 13.4 Å². The lowest BCUT2D eigenvalue weighted by molar-refractivity contribution is 0.602. The van der Waals surface area contributed by atoms with Crippen molar-refractivity contribution in [2.45, 2.75) is 38.0 Å². The van der Waals surface area contributed by atoms with Crippen LogP contribution in [0.2, 0.25) is 0 Å². The quantitative estimate of drug-likeness (QED) is 0.699. The molecule has 0 bridgehead atoms. The first-order valence-electron chi connectivity index (χ1n) is 8.46. The van der Waals surface area contributed by atoms with Crippen molar-refractivity contribution in [2.24, 2.45) is 0 Å². The number of nitrogens with zero attached hydrogens (tertiary/aromatic N) is 1. The van der Waals surface area contributed by atoms with Crippen LogP contribution in [0.1, 0.15) is 30.9 Å². The molecule has 0 aliphatic heterocycles. The SMILES string of the molecule is CCCCc1ccc(NS(=O)(=O)c2cccc3cnccc23)c(C)c1. The van der Waals surface area contributed by atoms with E-state index in [1.807, 2.05) is 25.1 Å². The fourth-order valence-electron chi connectivity index (χ4n) is 2.90. The summed E-state index contributed by atoms with van der Waals surface area (Å²) in [6.07, 6.45) is 6.57. The zero-order chi connectivity index (χ0) is 17.9. The number of aromatic nitrogens is 1. The molecule has 2 aromatic carbocycles. The summed E-state index contributed by atoms with van der Waals surface area (Å²) in [5, 5.41) is 1.47. The molecule has 0 spiro atoms. The van der Waals surface area contributed by atoms with Gasteiger partial charge in [-0.15, -0.1) is 0 Å². The summed E-state index contributed by atoms with van der Waals surface area (Å²) in [7, 11) is -3.67. The Morgan fingerprint density at radius 2 is 1.96 bits per heavy atom. The van der Waals surface area contributed by atoms with Gasteiger partial charge in [-0.2, -0.15) is 0 Å². The Balaban J connectivity index is 1.93. The van der Waals surface area contributed by atoms with E-state index in [-0.39, 0.29) is 4.90 Å². The van der Waals surface area contributed by atoms with Gasteiger partial charge >= 0.3 is 0 Å². The standard InChI is InChI=1S/C20H22N2O2S/c1-3-4-6-16-9-10-19(15(2)13-16)22-25(23,24)20-8-5-7-17-14-21-12-11-18(17)20/h5,7-14,22H,3-4,6H2,1-2H3. The van der Waals surface area contributed by atoms with Crippen molar-refractivity contribution >= 4 is 26.5 Å². The number of unbranched alkanes of at least 4 members (excludes halogenated alkanes) is 1. The topological polar surface area (TPSA) is 59.1 Å². The first-order valence-corrected chi connectivity index (χ1v) is 9.94. The Bertz CT molecular complexity index is 992. The molecule has 0 radical (unpaired) electrons. The summed E-state index contributed by atoms with van der Waals surface area (Å²) in [5.41, 5.74) is 2.78. The highest BCUT2D eigenvalue weighted by atomic mass is 32.2. The fourth-order valence-corrected chi connectivity index (χ4v) is 4.27. The highest BCUT2D eigenvalue weighted by Gasteiger charge is 2.18. The van der Waals surface area contributed by atoms with Gasteiger partial charge in [-0.3, -0.25) is 9.71 Å². The van der Waals surface area contributed by atoms with Gasteiger partial charge in [-0.25, -0.2) is 8.42 Å². The summed E-state index contributed by atoms with van der Waals surface area (Å²) in [5.74, 6) is 0. The Morgan fingerprint density at radius 1 is 1.12 bits per heavy atom. The van der Waals surface area contributed by atoms with Crippen molar-refractivity contribution in [3.05, 3.63) is 66.0 Å². The molecule has 130 valence electrons. The first kappa shape index (κ1) is 17.4. The Labute approximate surface area is 149 Å². The van der Waals surface area contributed by atoms with E-state index in [0.29, 0.717) is 11.1 Å². The molecule has 0 saturated carbocycles. The third-order valence-electron chi connectivity index (χ3n) is 4.28. The Kier molecular flexibility index (Phi) is 5.04. The summed E-state index contributed by atoms with van der Waals surface area (Å²) in [6, 6.07) is 12.8. The molecule has 0 saturated heterocycles. The van der Waals surface area contributed by atoms with E-state index in [2.05, 4.69) is 22.7 Å². The number of hydrogen-bond acceptors (Lipinski definition) is 3. The van der Waals surface area contributed by atoms with Crippen LogP contribution < -0.4 is 4.72 Å². The molecule has 3 aromatic rings. The molecule has 1 heterocycles. The van der Waals surface area contributed by atoms with Crippen molar-refractivity contribution in [3.63, 3.8) is 0 Å². The van der Waals surface area contributed by atoms with Crippen LogP contribution in [0.3, 0.4) is 0 Å². The minimum Gasteiger partial charge on any atom is -0.279 e. The zero-order valence-electron chi connectivity index (χ0n) is 14.5. The molecule has 0 aliphatic rings. The normalized spacial score (nSPS) is 11.6. The molecule has 1 aromatic heterocycles. The number of benzene rings is 2. The van der Waals surface area contributed by atoms with E-state index in [4.69, 9.17) is 0 Å². The van der Waals surface area contributed by atoms with E-state index in [1.165, 1.54) is 5.56 Å². The van der Waals surface area contributed by atoms with Crippen LogP contribution in [0, 0.1) is 6.92 Å². The van der Waals surface area contributed by atoms with Gasteiger partial charge in [0.1, 0.15) is 0 Å². The highest BCUT2D eigenvalue weighted by Crippen LogP contribution is 2.26. The molecule has 0 aliphatic carbocycles. The number of sulfonamides is 1. The average molecular weight is 354 g/mol. The van der Waals surface area contributed by atoms with Crippen LogP contribution in [0.4, 0.5) is 5.69 Å². The molecule has 1 N–H and O–H groups in total. The zero-order valence-corrected chi connectivity index (χ0v) is 15.3. The number of pyridine rings is 1. The molecular weight excluding hydrogens is 332 g/mol. The summed E-state index contributed by atoms with van der Waals surface area (Å²) < 4.78 is 28.5. The maximum absolute atomic E-state index is 12.9. The molecule has 3 rings (SSSR count). The van der Waals surface area contributed by atoms with Crippen molar-refractivity contribution in [3.8, 4) is 0 Å². The van der Waals surface area contributed by atoms with Gasteiger partial charge in [0, 0.05) is 23.2 Å². The van der Waals surface area contributed by atoms with E-state index in [9.17, 15) is 8.42 Å². The van der Waals surface area contributed by atoms with Gasteiger partial charge in [0.25, 0.3) is 10.0 Å². The van der Waals surface area contributed by atoms with Crippen LogP contribution in [0.25, 0.3) is 10.8 Å². The maximum atomic E-state index is 12.9. The van der Waals surface area contributed by atoms with E-state index < -0.39 is 10.0 Å². The van der Waals surface area contributed by atoms with Crippen molar-refractivity contribution in [2.75, 3.05) is 4.72 Å². The number of nitrogens with one attached hydrogen (secondary N) is 1. The monoisotopic (exact) mass is 354 g/mol. The molecule has 4 nitrogen and oxygen atoms in total. The first-order chi connectivity index (χ1) is 12.0. The number of anilines is 1. The van der Waals surface area contributed by atoms with Crippen LogP contribution in [-0.2, 0) is 16.4 Å². The molecule has 0 atom stereocenters. The molecule has 0 fully saturated rings. The molecule has 5 heteroatoms.